The van der Waals surface area contributed by atoms with Crippen molar-refractivity contribution in [2.45, 2.75) is 38.1 Å². The van der Waals surface area contributed by atoms with Gasteiger partial charge in [0.05, 0.1) is 0 Å². The average Bonchev–Trinajstić information content (AvgIpc) is 2.42. The van der Waals surface area contributed by atoms with E-state index in [2.05, 4.69) is 21.7 Å². The smallest absolute Gasteiger partial charge is 0.0136 e. The molecule has 3 rings (SSSR count). The number of rotatable bonds is 2. The Balaban J connectivity index is 1.54. The van der Waals surface area contributed by atoms with Crippen LogP contribution in [-0.2, 0) is 0 Å². The van der Waals surface area contributed by atoms with Gasteiger partial charge in [-0.1, -0.05) is 6.42 Å². The van der Waals surface area contributed by atoms with Gasteiger partial charge in [-0.2, -0.15) is 0 Å². The molecule has 0 amide bonds. The predicted octanol–water partition coefficient (Wildman–Crippen LogP) is 1.50. The fourth-order valence-corrected chi connectivity index (χ4v) is 4.15. The second kappa shape index (κ2) is 5.89. The SMILES string of the molecule is CN1CCN(CC2CCCN3CCCCC23)CC1. The molecule has 3 fully saturated rings. The minimum atomic E-state index is 0.923. The highest BCUT2D eigenvalue weighted by molar-refractivity contribution is 4.89. The highest BCUT2D eigenvalue weighted by atomic mass is 15.3. The second-order valence-corrected chi connectivity index (χ2v) is 6.61. The molecule has 0 N–H and O–H groups in total. The van der Waals surface area contributed by atoms with E-state index in [0.29, 0.717) is 0 Å². The van der Waals surface area contributed by atoms with Crippen LogP contribution in [-0.4, -0.2) is 73.6 Å². The van der Waals surface area contributed by atoms with Crippen molar-refractivity contribution in [3.8, 4) is 0 Å². The van der Waals surface area contributed by atoms with Crippen molar-refractivity contribution >= 4 is 0 Å². The quantitative estimate of drug-likeness (QED) is 0.736. The molecule has 3 nitrogen and oxygen atoms in total. The molecule has 18 heavy (non-hydrogen) atoms. The summed E-state index contributed by atoms with van der Waals surface area (Å²) in [4.78, 5) is 7.99. The summed E-state index contributed by atoms with van der Waals surface area (Å²) in [6.45, 7) is 9.24. The van der Waals surface area contributed by atoms with Gasteiger partial charge in [0.15, 0.2) is 0 Å². The monoisotopic (exact) mass is 251 g/mol. The average molecular weight is 251 g/mol. The molecule has 2 atom stereocenters. The van der Waals surface area contributed by atoms with E-state index in [1.165, 1.54) is 77.9 Å². The topological polar surface area (TPSA) is 9.72 Å². The zero-order chi connectivity index (χ0) is 12.4. The summed E-state index contributed by atoms with van der Waals surface area (Å²) in [6.07, 6.45) is 7.30. The van der Waals surface area contributed by atoms with Crippen LogP contribution in [0.1, 0.15) is 32.1 Å². The van der Waals surface area contributed by atoms with Crippen LogP contribution in [0, 0.1) is 5.92 Å². The van der Waals surface area contributed by atoms with Crippen LogP contribution >= 0.6 is 0 Å². The van der Waals surface area contributed by atoms with Gasteiger partial charge < -0.3 is 14.7 Å². The number of hydrogen-bond donors (Lipinski definition) is 0. The lowest BCUT2D eigenvalue weighted by Crippen LogP contribution is -2.53. The lowest BCUT2D eigenvalue weighted by Gasteiger charge is -2.46. The third kappa shape index (κ3) is 2.89. The van der Waals surface area contributed by atoms with Crippen LogP contribution in [0.15, 0.2) is 0 Å². The van der Waals surface area contributed by atoms with Crippen molar-refractivity contribution in [2.75, 3.05) is 52.9 Å². The molecule has 3 aliphatic heterocycles. The molecule has 3 saturated heterocycles. The fourth-order valence-electron chi connectivity index (χ4n) is 4.15. The fraction of sp³-hybridized carbons (Fsp3) is 1.00. The first-order chi connectivity index (χ1) is 8.83. The standard InChI is InChI=1S/C15H29N3/c1-16-9-11-17(12-10-16)13-14-5-4-8-18-7-3-2-6-15(14)18/h14-15H,2-13H2,1H3. The van der Waals surface area contributed by atoms with Crippen molar-refractivity contribution in [3.63, 3.8) is 0 Å². The lowest BCUT2D eigenvalue weighted by molar-refractivity contribution is 0.0314. The molecule has 0 bridgehead atoms. The van der Waals surface area contributed by atoms with E-state index in [1.54, 1.807) is 0 Å². The maximum Gasteiger partial charge on any atom is 0.0136 e. The van der Waals surface area contributed by atoms with Gasteiger partial charge in [-0.05, 0) is 51.7 Å². The van der Waals surface area contributed by atoms with Gasteiger partial charge in [0, 0.05) is 38.8 Å². The maximum atomic E-state index is 2.80. The Morgan fingerprint density at radius 2 is 1.61 bits per heavy atom. The number of piperidine rings is 2. The molecule has 3 aliphatic rings. The Morgan fingerprint density at radius 1 is 0.833 bits per heavy atom. The van der Waals surface area contributed by atoms with Crippen LogP contribution in [0.4, 0.5) is 0 Å². The molecule has 3 heteroatoms. The molecule has 0 radical (unpaired) electrons. The first-order valence-corrected chi connectivity index (χ1v) is 7.98. The minimum absolute atomic E-state index is 0.923. The molecule has 3 heterocycles. The Morgan fingerprint density at radius 3 is 2.44 bits per heavy atom. The molecule has 0 aromatic heterocycles. The van der Waals surface area contributed by atoms with Gasteiger partial charge in [0.1, 0.15) is 0 Å². The van der Waals surface area contributed by atoms with E-state index in [9.17, 15) is 0 Å². The van der Waals surface area contributed by atoms with E-state index >= 15 is 0 Å². The van der Waals surface area contributed by atoms with Crippen molar-refractivity contribution in [1.29, 1.82) is 0 Å². The summed E-state index contributed by atoms with van der Waals surface area (Å²) in [5, 5.41) is 0. The minimum Gasteiger partial charge on any atom is -0.304 e. The largest absolute Gasteiger partial charge is 0.304 e. The molecular formula is C15H29N3. The summed E-state index contributed by atoms with van der Waals surface area (Å²) in [5.74, 6) is 0.961. The Bertz CT molecular complexity index is 258. The summed E-state index contributed by atoms with van der Waals surface area (Å²) in [7, 11) is 2.25. The van der Waals surface area contributed by atoms with Crippen molar-refractivity contribution in [2.24, 2.45) is 5.92 Å². The Labute approximate surface area is 112 Å². The first kappa shape index (κ1) is 12.9. The lowest BCUT2D eigenvalue weighted by atomic mass is 9.83. The summed E-state index contributed by atoms with van der Waals surface area (Å²) >= 11 is 0. The van der Waals surface area contributed by atoms with Gasteiger partial charge in [-0.25, -0.2) is 0 Å². The number of hydrogen-bond acceptors (Lipinski definition) is 3. The van der Waals surface area contributed by atoms with Gasteiger partial charge in [0.25, 0.3) is 0 Å². The van der Waals surface area contributed by atoms with E-state index in [-0.39, 0.29) is 0 Å². The summed E-state index contributed by atoms with van der Waals surface area (Å²) < 4.78 is 0. The van der Waals surface area contributed by atoms with Gasteiger partial charge in [-0.15, -0.1) is 0 Å². The molecule has 0 aliphatic carbocycles. The van der Waals surface area contributed by atoms with E-state index in [0.717, 1.165) is 12.0 Å². The number of nitrogens with zero attached hydrogens (tertiary/aromatic N) is 3. The Kier molecular flexibility index (Phi) is 4.22. The normalized spacial score (nSPS) is 36.5. The predicted molar refractivity (Wildman–Crippen MR) is 75.9 cm³/mol. The number of fused-ring (bicyclic) bond motifs is 1. The van der Waals surface area contributed by atoms with Crippen LogP contribution in [0.5, 0.6) is 0 Å². The van der Waals surface area contributed by atoms with Crippen molar-refractivity contribution in [3.05, 3.63) is 0 Å². The molecule has 0 spiro atoms. The highest BCUT2D eigenvalue weighted by Crippen LogP contribution is 2.31. The zero-order valence-electron chi connectivity index (χ0n) is 12.0. The molecule has 0 aromatic rings. The van der Waals surface area contributed by atoms with E-state index in [4.69, 9.17) is 0 Å². The molecular weight excluding hydrogens is 222 g/mol. The van der Waals surface area contributed by atoms with Crippen LogP contribution in [0.25, 0.3) is 0 Å². The molecule has 0 saturated carbocycles. The van der Waals surface area contributed by atoms with Crippen LogP contribution in [0.2, 0.25) is 0 Å². The third-order valence-electron chi connectivity index (χ3n) is 5.32. The van der Waals surface area contributed by atoms with Crippen LogP contribution < -0.4 is 0 Å². The number of likely N-dealkylation sites (N-methyl/N-ethyl adjacent to an activating group) is 1. The second-order valence-electron chi connectivity index (χ2n) is 6.61. The maximum absolute atomic E-state index is 2.80. The molecule has 0 aromatic carbocycles. The molecule has 2 unspecified atom stereocenters. The zero-order valence-corrected chi connectivity index (χ0v) is 12.0. The highest BCUT2D eigenvalue weighted by Gasteiger charge is 2.34. The van der Waals surface area contributed by atoms with Crippen molar-refractivity contribution < 1.29 is 0 Å². The van der Waals surface area contributed by atoms with E-state index in [1.807, 2.05) is 0 Å². The third-order valence-corrected chi connectivity index (χ3v) is 5.32. The first-order valence-electron chi connectivity index (χ1n) is 7.98. The van der Waals surface area contributed by atoms with Gasteiger partial charge >= 0.3 is 0 Å². The van der Waals surface area contributed by atoms with Crippen LogP contribution in [0.3, 0.4) is 0 Å². The van der Waals surface area contributed by atoms with Gasteiger partial charge in [-0.3, -0.25) is 0 Å². The van der Waals surface area contributed by atoms with Crippen molar-refractivity contribution in [1.82, 2.24) is 14.7 Å². The summed E-state index contributed by atoms with van der Waals surface area (Å²) in [5.41, 5.74) is 0. The van der Waals surface area contributed by atoms with Gasteiger partial charge in [0.2, 0.25) is 0 Å². The Hall–Kier alpha value is -0.120. The summed E-state index contributed by atoms with van der Waals surface area (Å²) in [6, 6.07) is 0.923. The molecule has 104 valence electrons. The number of piperazine rings is 1. The van der Waals surface area contributed by atoms with E-state index < -0.39 is 0 Å².